The van der Waals surface area contributed by atoms with Gasteiger partial charge in [0.05, 0.1) is 24.5 Å². The van der Waals surface area contributed by atoms with Crippen LogP contribution in [0.3, 0.4) is 0 Å². The van der Waals surface area contributed by atoms with E-state index in [9.17, 15) is 18.3 Å². The standard InChI is InChI=1S/C27H32N2O6S/c1-3-16-35-26-18-22(11-14-24(26)27(31)29-36(2,32)33)20-9-12-23(13-10-20)34-17-15-28-19-25(30)21-7-5-4-6-8-21/h4-14,18,25,28,30H,3,15-17,19H2,1-2H3,(H,29,31)/t25-/m0/s1. The zero-order valence-electron chi connectivity index (χ0n) is 20.4. The molecule has 0 fully saturated rings. The molecule has 192 valence electrons. The Morgan fingerprint density at radius 3 is 2.31 bits per heavy atom. The molecule has 9 heteroatoms. The van der Waals surface area contributed by atoms with Gasteiger partial charge in [0, 0.05) is 13.1 Å². The minimum atomic E-state index is -3.69. The maximum atomic E-state index is 12.4. The molecule has 0 aliphatic heterocycles. The summed E-state index contributed by atoms with van der Waals surface area (Å²) in [6.45, 7) is 3.80. The van der Waals surface area contributed by atoms with E-state index in [1.165, 1.54) is 0 Å². The third-order valence-corrected chi connectivity index (χ3v) is 5.78. The first-order valence-electron chi connectivity index (χ1n) is 11.7. The van der Waals surface area contributed by atoms with Crippen LogP contribution in [0.1, 0.15) is 35.4 Å². The first-order chi connectivity index (χ1) is 17.3. The lowest BCUT2D eigenvalue weighted by Gasteiger charge is -2.14. The van der Waals surface area contributed by atoms with E-state index in [2.05, 4.69) is 5.32 Å². The molecule has 0 aliphatic rings. The molecular formula is C27H32N2O6S. The minimum absolute atomic E-state index is 0.155. The predicted molar refractivity (Wildman–Crippen MR) is 140 cm³/mol. The lowest BCUT2D eigenvalue weighted by Crippen LogP contribution is -2.29. The Bertz CT molecular complexity index is 1230. The van der Waals surface area contributed by atoms with E-state index in [4.69, 9.17) is 9.47 Å². The Morgan fingerprint density at radius 2 is 1.64 bits per heavy atom. The van der Waals surface area contributed by atoms with Crippen molar-refractivity contribution >= 4 is 15.9 Å². The van der Waals surface area contributed by atoms with Gasteiger partial charge < -0.3 is 19.9 Å². The number of hydrogen-bond acceptors (Lipinski definition) is 7. The average Bonchev–Trinajstić information content (AvgIpc) is 2.87. The molecule has 0 saturated heterocycles. The normalized spacial score (nSPS) is 12.1. The van der Waals surface area contributed by atoms with Gasteiger partial charge in [0.25, 0.3) is 5.91 Å². The van der Waals surface area contributed by atoms with Crippen molar-refractivity contribution in [1.82, 2.24) is 10.0 Å². The van der Waals surface area contributed by atoms with Crippen LogP contribution in [-0.4, -0.2) is 52.0 Å². The van der Waals surface area contributed by atoms with Crippen molar-refractivity contribution in [3.05, 3.63) is 83.9 Å². The lowest BCUT2D eigenvalue weighted by molar-refractivity contribution is 0.0977. The fraction of sp³-hybridized carbons (Fsp3) is 0.296. The SMILES string of the molecule is CCCOc1cc(-c2ccc(OCCNC[C@H](O)c3ccccc3)cc2)ccc1C(=O)NS(C)(=O)=O. The third kappa shape index (κ3) is 8.37. The number of nitrogens with one attached hydrogen (secondary N) is 2. The van der Waals surface area contributed by atoms with Gasteiger partial charge in [0.2, 0.25) is 10.0 Å². The average molecular weight is 513 g/mol. The number of ether oxygens (including phenoxy) is 2. The molecule has 0 heterocycles. The number of hydrogen-bond donors (Lipinski definition) is 3. The molecule has 3 aromatic carbocycles. The monoisotopic (exact) mass is 512 g/mol. The molecule has 1 atom stereocenters. The fourth-order valence-electron chi connectivity index (χ4n) is 3.46. The van der Waals surface area contributed by atoms with Crippen LogP contribution in [0.2, 0.25) is 0 Å². The largest absolute Gasteiger partial charge is 0.493 e. The number of amides is 1. The van der Waals surface area contributed by atoms with Crippen LogP contribution in [0.4, 0.5) is 0 Å². The molecule has 8 nitrogen and oxygen atoms in total. The van der Waals surface area contributed by atoms with Gasteiger partial charge in [-0.25, -0.2) is 13.1 Å². The Labute approximate surface area is 212 Å². The Kier molecular flexibility index (Phi) is 9.86. The first-order valence-corrected chi connectivity index (χ1v) is 13.6. The Balaban J connectivity index is 1.57. The van der Waals surface area contributed by atoms with Crippen LogP contribution in [0.5, 0.6) is 11.5 Å². The first kappa shape index (κ1) is 27.2. The van der Waals surface area contributed by atoms with Crippen LogP contribution < -0.4 is 19.5 Å². The van der Waals surface area contributed by atoms with Crippen LogP contribution in [0, 0.1) is 0 Å². The second kappa shape index (κ2) is 13.1. The zero-order valence-corrected chi connectivity index (χ0v) is 21.3. The van der Waals surface area contributed by atoms with Gasteiger partial charge >= 0.3 is 0 Å². The van der Waals surface area contributed by atoms with Gasteiger partial charge in [-0.1, -0.05) is 55.5 Å². The van der Waals surface area contributed by atoms with E-state index in [0.29, 0.717) is 37.8 Å². The van der Waals surface area contributed by atoms with Crippen molar-refractivity contribution < 1.29 is 27.8 Å². The highest BCUT2D eigenvalue weighted by Crippen LogP contribution is 2.29. The number of benzene rings is 3. The van der Waals surface area contributed by atoms with Crippen LogP contribution in [0.15, 0.2) is 72.8 Å². The molecule has 3 N–H and O–H groups in total. The summed E-state index contributed by atoms with van der Waals surface area (Å²) in [5.74, 6) is 0.291. The molecule has 1 amide bonds. The van der Waals surface area contributed by atoms with E-state index in [-0.39, 0.29) is 5.56 Å². The molecule has 0 radical (unpaired) electrons. The zero-order chi connectivity index (χ0) is 26.0. The summed E-state index contributed by atoms with van der Waals surface area (Å²) in [4.78, 5) is 12.4. The summed E-state index contributed by atoms with van der Waals surface area (Å²) < 4.78 is 36.4. The number of sulfonamides is 1. The summed E-state index contributed by atoms with van der Waals surface area (Å²) >= 11 is 0. The van der Waals surface area contributed by atoms with Crippen molar-refractivity contribution in [2.75, 3.05) is 32.6 Å². The number of aliphatic hydroxyl groups excluding tert-OH is 1. The number of carbonyl (C=O) groups is 1. The minimum Gasteiger partial charge on any atom is -0.493 e. The van der Waals surface area contributed by atoms with Crippen molar-refractivity contribution in [2.45, 2.75) is 19.4 Å². The molecule has 0 saturated carbocycles. The number of carbonyl (C=O) groups excluding carboxylic acids is 1. The van der Waals surface area contributed by atoms with Crippen LogP contribution in [-0.2, 0) is 10.0 Å². The van der Waals surface area contributed by atoms with Crippen molar-refractivity contribution in [1.29, 1.82) is 0 Å². The second-order valence-electron chi connectivity index (χ2n) is 8.27. The highest BCUT2D eigenvalue weighted by atomic mass is 32.2. The maximum Gasteiger partial charge on any atom is 0.268 e. The quantitative estimate of drug-likeness (QED) is 0.300. The molecule has 0 spiro atoms. The van der Waals surface area contributed by atoms with E-state index in [1.807, 2.05) is 66.2 Å². The van der Waals surface area contributed by atoms with Crippen LogP contribution in [0.25, 0.3) is 11.1 Å². The van der Waals surface area contributed by atoms with Crippen molar-refractivity contribution in [3.63, 3.8) is 0 Å². The fourth-order valence-corrected chi connectivity index (χ4v) is 3.91. The Morgan fingerprint density at radius 1 is 0.944 bits per heavy atom. The summed E-state index contributed by atoms with van der Waals surface area (Å²) in [6.07, 6.45) is 1.10. The highest BCUT2D eigenvalue weighted by Gasteiger charge is 2.17. The number of aliphatic hydroxyl groups is 1. The molecule has 3 rings (SSSR count). The van der Waals surface area contributed by atoms with Gasteiger partial charge in [-0.15, -0.1) is 0 Å². The lowest BCUT2D eigenvalue weighted by atomic mass is 10.0. The smallest absolute Gasteiger partial charge is 0.268 e. The van der Waals surface area contributed by atoms with Gasteiger partial charge in [-0.05, 0) is 47.4 Å². The molecule has 0 aliphatic carbocycles. The van der Waals surface area contributed by atoms with E-state index in [1.54, 1.807) is 18.2 Å². The maximum absolute atomic E-state index is 12.4. The van der Waals surface area contributed by atoms with Crippen molar-refractivity contribution in [3.8, 4) is 22.6 Å². The van der Waals surface area contributed by atoms with Gasteiger partial charge in [0.1, 0.15) is 18.1 Å². The molecule has 0 unspecified atom stereocenters. The molecular weight excluding hydrogens is 480 g/mol. The molecule has 36 heavy (non-hydrogen) atoms. The molecule has 3 aromatic rings. The number of rotatable bonds is 13. The third-order valence-electron chi connectivity index (χ3n) is 5.22. The predicted octanol–water partition coefficient (Wildman–Crippen LogP) is 3.53. The van der Waals surface area contributed by atoms with Gasteiger partial charge in [-0.3, -0.25) is 4.79 Å². The van der Waals surface area contributed by atoms with E-state index >= 15 is 0 Å². The van der Waals surface area contributed by atoms with E-state index < -0.39 is 22.0 Å². The van der Waals surface area contributed by atoms with Gasteiger partial charge in [-0.2, -0.15) is 0 Å². The van der Waals surface area contributed by atoms with E-state index in [0.717, 1.165) is 29.4 Å². The van der Waals surface area contributed by atoms with Gasteiger partial charge in [0.15, 0.2) is 0 Å². The summed E-state index contributed by atoms with van der Waals surface area (Å²) in [5, 5.41) is 13.4. The summed E-state index contributed by atoms with van der Waals surface area (Å²) in [6, 6.07) is 22.0. The summed E-state index contributed by atoms with van der Waals surface area (Å²) in [5.41, 5.74) is 2.74. The summed E-state index contributed by atoms with van der Waals surface area (Å²) in [7, 11) is -3.69. The van der Waals surface area contributed by atoms with Crippen molar-refractivity contribution in [2.24, 2.45) is 0 Å². The molecule has 0 aromatic heterocycles. The molecule has 0 bridgehead atoms. The highest BCUT2D eigenvalue weighted by molar-refractivity contribution is 7.89. The second-order valence-corrected chi connectivity index (χ2v) is 10.0. The topological polar surface area (TPSA) is 114 Å². The Hall–Kier alpha value is -3.40. The van der Waals surface area contributed by atoms with Crippen LogP contribution >= 0.6 is 0 Å².